The average molecular weight is 644 g/mol. The molecule has 0 heterocycles. The molecular weight excluding hydrogens is 602 g/mol. The fourth-order valence-corrected chi connectivity index (χ4v) is 6.47. The SMILES string of the molecule is COc1ccc(N(CC(=O)N(Cc2ccccc2)C(Cc2ccccc2)C(=O)NC(C)C)S(=O)(=O)c2ccc(C)cc2)cc1OC. The van der Waals surface area contributed by atoms with Gasteiger partial charge >= 0.3 is 0 Å². The van der Waals surface area contributed by atoms with Gasteiger partial charge in [-0.2, -0.15) is 0 Å². The molecular formula is C36H41N3O6S. The Morgan fingerprint density at radius 2 is 1.37 bits per heavy atom. The Morgan fingerprint density at radius 1 is 0.783 bits per heavy atom. The highest BCUT2D eigenvalue weighted by Gasteiger charge is 2.35. The van der Waals surface area contributed by atoms with E-state index in [2.05, 4.69) is 5.32 Å². The molecule has 0 aliphatic carbocycles. The summed E-state index contributed by atoms with van der Waals surface area (Å²) >= 11 is 0. The van der Waals surface area contributed by atoms with Gasteiger partial charge in [0.2, 0.25) is 11.8 Å². The number of nitrogens with zero attached hydrogens (tertiary/aromatic N) is 2. The van der Waals surface area contributed by atoms with Crippen molar-refractivity contribution >= 4 is 27.5 Å². The van der Waals surface area contributed by atoms with E-state index in [9.17, 15) is 18.0 Å². The van der Waals surface area contributed by atoms with Gasteiger partial charge in [-0.25, -0.2) is 8.42 Å². The molecule has 4 rings (SSSR count). The Balaban J connectivity index is 1.83. The minimum absolute atomic E-state index is 0.0219. The maximum Gasteiger partial charge on any atom is 0.264 e. The van der Waals surface area contributed by atoms with Gasteiger partial charge in [0.1, 0.15) is 12.6 Å². The van der Waals surface area contributed by atoms with Gasteiger partial charge in [0.15, 0.2) is 11.5 Å². The Kier molecular flexibility index (Phi) is 11.4. The maximum atomic E-state index is 14.5. The fraction of sp³-hybridized carbons (Fsp3) is 0.278. The first-order valence-corrected chi connectivity index (χ1v) is 16.5. The number of sulfonamides is 1. The Bertz CT molecular complexity index is 1710. The van der Waals surface area contributed by atoms with Gasteiger partial charge in [0, 0.05) is 25.1 Å². The van der Waals surface area contributed by atoms with E-state index in [-0.39, 0.29) is 35.5 Å². The highest BCUT2D eigenvalue weighted by atomic mass is 32.2. The van der Waals surface area contributed by atoms with Crippen LogP contribution in [0.3, 0.4) is 0 Å². The fourth-order valence-electron chi connectivity index (χ4n) is 5.06. The summed E-state index contributed by atoms with van der Waals surface area (Å²) in [7, 11) is -1.31. The van der Waals surface area contributed by atoms with Gasteiger partial charge in [-0.05, 0) is 56.2 Å². The second-order valence-electron chi connectivity index (χ2n) is 11.2. The predicted molar refractivity (Wildman–Crippen MR) is 179 cm³/mol. The molecule has 1 N–H and O–H groups in total. The molecule has 0 saturated heterocycles. The van der Waals surface area contributed by atoms with Gasteiger partial charge in [0.05, 0.1) is 24.8 Å². The molecule has 242 valence electrons. The molecule has 0 bridgehead atoms. The van der Waals surface area contributed by atoms with Crippen molar-refractivity contribution < 1.29 is 27.5 Å². The Hall–Kier alpha value is -4.83. The largest absolute Gasteiger partial charge is 0.493 e. The Morgan fingerprint density at radius 3 is 1.93 bits per heavy atom. The third-order valence-electron chi connectivity index (χ3n) is 7.44. The van der Waals surface area contributed by atoms with Crippen molar-refractivity contribution in [1.29, 1.82) is 0 Å². The van der Waals surface area contributed by atoms with Gasteiger partial charge in [0.25, 0.3) is 10.0 Å². The van der Waals surface area contributed by atoms with Crippen molar-refractivity contribution in [2.45, 2.75) is 50.7 Å². The van der Waals surface area contributed by atoms with Crippen molar-refractivity contribution in [1.82, 2.24) is 10.2 Å². The summed E-state index contributed by atoms with van der Waals surface area (Å²) in [4.78, 5) is 29.8. The summed E-state index contributed by atoms with van der Waals surface area (Å²) in [5, 5.41) is 2.96. The lowest BCUT2D eigenvalue weighted by atomic mass is 10.0. The molecule has 0 aliphatic rings. The molecule has 0 aliphatic heterocycles. The van der Waals surface area contributed by atoms with Crippen LogP contribution in [0.2, 0.25) is 0 Å². The molecule has 0 spiro atoms. The summed E-state index contributed by atoms with van der Waals surface area (Å²) in [6.45, 7) is 5.09. The summed E-state index contributed by atoms with van der Waals surface area (Å²) in [5.74, 6) is -0.170. The molecule has 1 atom stereocenters. The molecule has 9 nitrogen and oxygen atoms in total. The van der Waals surface area contributed by atoms with Crippen LogP contribution in [0.5, 0.6) is 11.5 Å². The third-order valence-corrected chi connectivity index (χ3v) is 9.23. The molecule has 0 fully saturated rings. The molecule has 0 saturated carbocycles. The van der Waals surface area contributed by atoms with E-state index in [1.54, 1.807) is 24.3 Å². The van der Waals surface area contributed by atoms with Gasteiger partial charge in [-0.3, -0.25) is 13.9 Å². The quantitative estimate of drug-likeness (QED) is 0.198. The molecule has 10 heteroatoms. The van der Waals surface area contributed by atoms with E-state index in [1.807, 2.05) is 81.4 Å². The number of ether oxygens (including phenoxy) is 2. The van der Waals surface area contributed by atoms with Crippen LogP contribution in [0.25, 0.3) is 0 Å². The zero-order valence-corrected chi connectivity index (χ0v) is 27.7. The van der Waals surface area contributed by atoms with Crippen molar-refractivity contribution in [2.75, 3.05) is 25.1 Å². The van der Waals surface area contributed by atoms with E-state index in [4.69, 9.17) is 9.47 Å². The van der Waals surface area contributed by atoms with Gasteiger partial charge < -0.3 is 19.7 Å². The average Bonchev–Trinajstić information content (AvgIpc) is 3.05. The second-order valence-corrected chi connectivity index (χ2v) is 13.1. The number of aryl methyl sites for hydroxylation is 1. The van der Waals surface area contributed by atoms with Crippen LogP contribution < -0.4 is 19.1 Å². The van der Waals surface area contributed by atoms with Crippen LogP contribution in [0, 0.1) is 6.92 Å². The van der Waals surface area contributed by atoms with Crippen LogP contribution in [0.4, 0.5) is 5.69 Å². The smallest absolute Gasteiger partial charge is 0.264 e. The van der Waals surface area contributed by atoms with Crippen molar-refractivity contribution in [3.63, 3.8) is 0 Å². The maximum absolute atomic E-state index is 14.5. The minimum atomic E-state index is -4.25. The number of carbonyl (C=O) groups excluding carboxylic acids is 2. The summed E-state index contributed by atoms with van der Waals surface area (Å²) in [6.07, 6.45) is 0.235. The molecule has 4 aromatic rings. The van der Waals surface area contributed by atoms with Crippen LogP contribution in [-0.4, -0.2) is 58.0 Å². The first-order valence-electron chi connectivity index (χ1n) is 15.0. The zero-order valence-electron chi connectivity index (χ0n) is 26.8. The molecule has 0 radical (unpaired) electrons. The molecule has 2 amide bonds. The van der Waals surface area contributed by atoms with E-state index in [0.717, 1.165) is 21.0 Å². The first-order chi connectivity index (χ1) is 22.0. The Labute approximate surface area is 271 Å². The van der Waals surface area contributed by atoms with Crippen LogP contribution in [0.15, 0.2) is 108 Å². The van der Waals surface area contributed by atoms with Crippen LogP contribution in [-0.2, 0) is 32.6 Å². The molecule has 4 aromatic carbocycles. The van der Waals surface area contributed by atoms with E-state index in [0.29, 0.717) is 11.5 Å². The molecule has 0 aromatic heterocycles. The highest BCUT2D eigenvalue weighted by Crippen LogP contribution is 2.34. The standard InChI is InChI=1S/C36H41N3O6S/c1-26(2)37-36(41)32(22-28-12-8-6-9-13-28)38(24-29-14-10-7-11-15-29)35(40)25-39(30-18-21-33(44-4)34(23-30)45-5)46(42,43)31-19-16-27(3)17-20-31/h6-21,23,26,32H,22,24-25H2,1-5H3,(H,37,41). The lowest BCUT2D eigenvalue weighted by Crippen LogP contribution is -2.54. The normalized spacial score (nSPS) is 11.9. The topological polar surface area (TPSA) is 105 Å². The summed E-state index contributed by atoms with van der Waals surface area (Å²) < 4.78 is 40.4. The van der Waals surface area contributed by atoms with Crippen molar-refractivity contribution in [2.24, 2.45) is 0 Å². The number of rotatable bonds is 14. The molecule has 1 unspecified atom stereocenters. The van der Waals surface area contributed by atoms with Crippen LogP contribution in [0.1, 0.15) is 30.5 Å². The summed E-state index contributed by atoms with van der Waals surface area (Å²) in [5.41, 5.74) is 2.76. The number of anilines is 1. The minimum Gasteiger partial charge on any atom is -0.493 e. The number of hydrogen-bond donors (Lipinski definition) is 1. The van der Waals surface area contributed by atoms with Gasteiger partial charge in [-0.1, -0.05) is 78.4 Å². The number of carbonyl (C=O) groups is 2. The monoisotopic (exact) mass is 643 g/mol. The van der Waals surface area contributed by atoms with E-state index < -0.39 is 28.5 Å². The number of hydrogen-bond acceptors (Lipinski definition) is 6. The highest BCUT2D eigenvalue weighted by molar-refractivity contribution is 7.92. The summed E-state index contributed by atoms with van der Waals surface area (Å²) in [6, 6.07) is 28.8. The van der Waals surface area contributed by atoms with E-state index in [1.165, 1.54) is 37.3 Å². The first kappa shape index (κ1) is 34.1. The lowest BCUT2D eigenvalue weighted by Gasteiger charge is -2.34. The lowest BCUT2D eigenvalue weighted by molar-refractivity contribution is -0.140. The zero-order chi connectivity index (χ0) is 33.3. The number of benzene rings is 4. The third kappa shape index (κ3) is 8.45. The van der Waals surface area contributed by atoms with Gasteiger partial charge in [-0.15, -0.1) is 0 Å². The number of methoxy groups -OCH3 is 2. The van der Waals surface area contributed by atoms with Crippen LogP contribution >= 0.6 is 0 Å². The van der Waals surface area contributed by atoms with E-state index >= 15 is 0 Å². The second kappa shape index (κ2) is 15.4. The van der Waals surface area contributed by atoms with Crippen molar-refractivity contribution in [3.8, 4) is 11.5 Å². The van der Waals surface area contributed by atoms with Crippen molar-refractivity contribution in [3.05, 3.63) is 120 Å². The number of nitrogens with one attached hydrogen (secondary N) is 1. The molecule has 46 heavy (non-hydrogen) atoms. The number of amides is 2. The predicted octanol–water partition coefficient (Wildman–Crippen LogP) is 5.37.